The molecule has 0 saturated carbocycles. The molecule has 2 aromatic rings. The monoisotopic (exact) mass is 340 g/mol. The summed E-state index contributed by atoms with van der Waals surface area (Å²) in [7, 11) is 0. The summed E-state index contributed by atoms with van der Waals surface area (Å²) < 4.78 is 11.2. The average Bonchev–Trinajstić information content (AvgIpc) is 2.65. The molecule has 2 aliphatic heterocycles. The molecule has 0 aliphatic carbocycles. The van der Waals surface area contributed by atoms with Gasteiger partial charge in [-0.15, -0.1) is 0 Å². The lowest BCUT2D eigenvalue weighted by Crippen LogP contribution is -2.45. The first-order valence-corrected chi connectivity index (χ1v) is 8.50. The van der Waals surface area contributed by atoms with Gasteiger partial charge in [0.1, 0.15) is 5.82 Å². The Bertz CT molecular complexity index is 775. The molecule has 1 unspecified atom stereocenters. The number of fused-ring (bicyclic) bond motifs is 1. The zero-order valence-corrected chi connectivity index (χ0v) is 14.1. The summed E-state index contributed by atoms with van der Waals surface area (Å²) >= 11 is 0. The van der Waals surface area contributed by atoms with Crippen molar-refractivity contribution in [2.45, 2.75) is 25.9 Å². The number of hydrogen-bond donors (Lipinski definition) is 0. The fraction of sp³-hybridized carbons (Fsp3) is 0.444. The summed E-state index contributed by atoms with van der Waals surface area (Å²) in [4.78, 5) is 27.7. The molecule has 1 fully saturated rings. The Hall–Kier alpha value is -2.38. The molecule has 0 radical (unpaired) electrons. The van der Waals surface area contributed by atoms with Gasteiger partial charge in [-0.2, -0.15) is 0 Å². The Labute approximate surface area is 146 Å². The van der Waals surface area contributed by atoms with E-state index >= 15 is 0 Å². The second kappa shape index (κ2) is 6.85. The molecule has 4 rings (SSSR count). The highest BCUT2D eigenvalue weighted by Crippen LogP contribution is 2.30. The van der Waals surface area contributed by atoms with Crippen molar-refractivity contribution in [3.63, 3.8) is 0 Å². The zero-order chi connectivity index (χ0) is 17.2. The largest absolute Gasteiger partial charge is 0.376 e. The van der Waals surface area contributed by atoms with Crippen LogP contribution in [-0.4, -0.2) is 53.3 Å². The van der Waals surface area contributed by atoms with Gasteiger partial charge in [0.2, 0.25) is 5.91 Å². The summed E-state index contributed by atoms with van der Waals surface area (Å²) in [6.45, 7) is 4.09. The van der Waals surface area contributed by atoms with Gasteiger partial charge >= 0.3 is 0 Å². The number of nitrogens with zero attached hydrogens (tertiary/aromatic N) is 4. The minimum absolute atomic E-state index is 0.0699. The molecule has 25 heavy (non-hydrogen) atoms. The van der Waals surface area contributed by atoms with Crippen LogP contribution in [0.15, 0.2) is 24.5 Å². The summed E-state index contributed by atoms with van der Waals surface area (Å²) in [5.41, 5.74) is 2.83. The molecule has 130 valence electrons. The van der Waals surface area contributed by atoms with Crippen molar-refractivity contribution in [2.75, 3.05) is 31.3 Å². The molecule has 1 atom stereocenters. The number of aromatic nitrogens is 3. The van der Waals surface area contributed by atoms with Crippen molar-refractivity contribution in [1.82, 2.24) is 15.0 Å². The van der Waals surface area contributed by atoms with Crippen molar-refractivity contribution in [2.24, 2.45) is 0 Å². The number of amides is 1. The SMILES string of the molecule is Cc1nc(-c2ccncc2)nc2c1CCC(=O)N2CC1COCCO1. The number of anilines is 1. The number of aryl methyl sites for hydroxylation is 1. The van der Waals surface area contributed by atoms with Gasteiger partial charge in [0, 0.05) is 35.6 Å². The van der Waals surface area contributed by atoms with Crippen LogP contribution in [0, 0.1) is 6.92 Å². The first-order valence-electron chi connectivity index (χ1n) is 8.50. The van der Waals surface area contributed by atoms with Gasteiger partial charge in [-0.25, -0.2) is 9.97 Å². The maximum Gasteiger partial charge on any atom is 0.228 e. The summed E-state index contributed by atoms with van der Waals surface area (Å²) in [5, 5.41) is 0. The van der Waals surface area contributed by atoms with E-state index in [1.165, 1.54) is 0 Å². The van der Waals surface area contributed by atoms with Crippen molar-refractivity contribution in [3.05, 3.63) is 35.8 Å². The molecule has 7 heteroatoms. The number of carbonyl (C=O) groups is 1. The van der Waals surface area contributed by atoms with Crippen LogP contribution in [0.4, 0.5) is 5.82 Å². The summed E-state index contributed by atoms with van der Waals surface area (Å²) in [6, 6.07) is 3.74. The Morgan fingerprint density at radius 3 is 2.80 bits per heavy atom. The van der Waals surface area contributed by atoms with Crippen LogP contribution in [0.25, 0.3) is 11.4 Å². The lowest BCUT2D eigenvalue weighted by atomic mass is 10.0. The van der Waals surface area contributed by atoms with Gasteiger partial charge in [-0.3, -0.25) is 14.7 Å². The topological polar surface area (TPSA) is 77.4 Å². The Balaban J connectivity index is 1.71. The zero-order valence-electron chi connectivity index (χ0n) is 14.1. The van der Waals surface area contributed by atoms with Crippen molar-refractivity contribution >= 4 is 11.7 Å². The number of pyridine rings is 1. The normalized spacial score (nSPS) is 20.4. The van der Waals surface area contributed by atoms with Gasteiger partial charge in [-0.05, 0) is 25.5 Å². The van der Waals surface area contributed by atoms with Crippen LogP contribution in [0.5, 0.6) is 0 Å². The molecule has 0 bridgehead atoms. The maximum atomic E-state index is 12.5. The molecule has 4 heterocycles. The summed E-state index contributed by atoms with van der Waals surface area (Å²) in [5.74, 6) is 1.38. The first kappa shape index (κ1) is 16.1. The molecular weight excluding hydrogens is 320 g/mol. The van der Waals surface area contributed by atoms with Crippen LogP contribution in [0.1, 0.15) is 17.7 Å². The van der Waals surface area contributed by atoms with Crippen LogP contribution in [0.3, 0.4) is 0 Å². The van der Waals surface area contributed by atoms with E-state index in [1.54, 1.807) is 17.3 Å². The van der Waals surface area contributed by atoms with Crippen LogP contribution in [0.2, 0.25) is 0 Å². The van der Waals surface area contributed by atoms with E-state index in [4.69, 9.17) is 14.5 Å². The molecule has 7 nitrogen and oxygen atoms in total. The standard InChI is InChI=1S/C18H20N4O3/c1-12-15-2-3-16(23)22(10-14-11-24-8-9-25-14)18(15)21-17(20-12)13-4-6-19-7-5-13/h4-7,14H,2-3,8-11H2,1H3. The van der Waals surface area contributed by atoms with E-state index in [9.17, 15) is 4.79 Å². The van der Waals surface area contributed by atoms with Gasteiger partial charge < -0.3 is 9.47 Å². The molecule has 0 N–H and O–H groups in total. The van der Waals surface area contributed by atoms with Crippen molar-refractivity contribution in [1.29, 1.82) is 0 Å². The van der Waals surface area contributed by atoms with Gasteiger partial charge in [0.15, 0.2) is 5.82 Å². The Morgan fingerprint density at radius 1 is 1.20 bits per heavy atom. The molecule has 1 amide bonds. The molecule has 2 aliphatic rings. The van der Waals surface area contributed by atoms with Gasteiger partial charge in [-0.1, -0.05) is 0 Å². The highest BCUT2D eigenvalue weighted by atomic mass is 16.6. The fourth-order valence-corrected chi connectivity index (χ4v) is 3.25. The average molecular weight is 340 g/mol. The van der Waals surface area contributed by atoms with Crippen LogP contribution in [-0.2, 0) is 20.7 Å². The van der Waals surface area contributed by atoms with E-state index in [0.29, 0.717) is 50.8 Å². The first-order chi connectivity index (χ1) is 12.2. The Morgan fingerprint density at radius 2 is 2.04 bits per heavy atom. The number of carbonyl (C=O) groups excluding carboxylic acids is 1. The molecule has 0 aromatic carbocycles. The van der Waals surface area contributed by atoms with Crippen LogP contribution < -0.4 is 4.90 Å². The van der Waals surface area contributed by atoms with Crippen LogP contribution >= 0.6 is 0 Å². The predicted molar refractivity (Wildman–Crippen MR) is 91.2 cm³/mol. The van der Waals surface area contributed by atoms with Crippen molar-refractivity contribution in [3.8, 4) is 11.4 Å². The van der Waals surface area contributed by atoms with E-state index in [-0.39, 0.29) is 12.0 Å². The lowest BCUT2D eigenvalue weighted by molar-refractivity contribution is -0.121. The third kappa shape index (κ3) is 3.25. The Kier molecular flexibility index (Phi) is 4.42. The van der Waals surface area contributed by atoms with Crippen molar-refractivity contribution < 1.29 is 14.3 Å². The minimum Gasteiger partial charge on any atom is -0.376 e. The van der Waals surface area contributed by atoms with Gasteiger partial charge in [0.05, 0.1) is 32.5 Å². The highest BCUT2D eigenvalue weighted by molar-refractivity contribution is 5.95. The van der Waals surface area contributed by atoms with E-state index in [2.05, 4.69) is 9.97 Å². The molecular formula is C18H20N4O3. The third-order valence-electron chi connectivity index (χ3n) is 4.55. The quantitative estimate of drug-likeness (QED) is 0.843. The minimum atomic E-state index is -0.122. The maximum absolute atomic E-state index is 12.5. The summed E-state index contributed by atoms with van der Waals surface area (Å²) in [6.07, 6.45) is 4.45. The number of rotatable bonds is 3. The van der Waals surface area contributed by atoms with E-state index in [1.807, 2.05) is 19.1 Å². The molecule has 2 aromatic heterocycles. The second-order valence-electron chi connectivity index (χ2n) is 6.24. The number of hydrogen-bond acceptors (Lipinski definition) is 6. The highest BCUT2D eigenvalue weighted by Gasteiger charge is 2.31. The number of ether oxygens (including phenoxy) is 2. The lowest BCUT2D eigenvalue weighted by Gasteiger charge is -2.33. The van der Waals surface area contributed by atoms with E-state index in [0.717, 1.165) is 16.8 Å². The van der Waals surface area contributed by atoms with E-state index < -0.39 is 0 Å². The predicted octanol–water partition coefficient (Wildman–Crippen LogP) is 1.54. The third-order valence-corrected chi connectivity index (χ3v) is 4.55. The molecule has 1 saturated heterocycles. The molecule has 0 spiro atoms. The van der Waals surface area contributed by atoms with Gasteiger partial charge in [0.25, 0.3) is 0 Å². The second-order valence-corrected chi connectivity index (χ2v) is 6.24. The smallest absolute Gasteiger partial charge is 0.228 e. The fourth-order valence-electron chi connectivity index (χ4n) is 3.25.